The van der Waals surface area contributed by atoms with Gasteiger partial charge in [0.25, 0.3) is 5.92 Å². The molecular weight excluding hydrogens is 304 g/mol. The smallest absolute Gasteiger partial charge is 0.252 e. The summed E-state index contributed by atoms with van der Waals surface area (Å²) in [5, 5.41) is 3.32. The third-order valence-electron chi connectivity index (χ3n) is 4.51. The molecule has 0 unspecified atom stereocenters. The number of fused-ring (bicyclic) bond motifs is 3. The van der Waals surface area contributed by atoms with Gasteiger partial charge in [0, 0.05) is 44.5 Å². The summed E-state index contributed by atoms with van der Waals surface area (Å²) in [6, 6.07) is 0. The van der Waals surface area contributed by atoms with Crippen molar-refractivity contribution in [3.63, 3.8) is 0 Å². The SMILES string of the molecule is Nc1nc(N2CCCNCC2)c2oc3c(c2n1)CC(F)(F)CC3. The quantitative estimate of drug-likeness (QED) is 0.832. The summed E-state index contributed by atoms with van der Waals surface area (Å²) >= 11 is 0. The Bertz CT molecular complexity index is 737. The molecule has 2 aromatic heterocycles. The van der Waals surface area contributed by atoms with Gasteiger partial charge in [-0.3, -0.25) is 0 Å². The fourth-order valence-corrected chi connectivity index (χ4v) is 3.37. The maximum Gasteiger partial charge on any atom is 0.252 e. The standard InChI is InChI=1S/C15H19F2N5O/c16-15(17)3-2-10-9(8-15)11-12(23-10)13(21-14(18)20-11)22-6-1-4-19-5-7-22/h19H,1-8H2,(H2,18,20,21). The van der Waals surface area contributed by atoms with Gasteiger partial charge >= 0.3 is 0 Å². The highest BCUT2D eigenvalue weighted by molar-refractivity contribution is 5.89. The zero-order valence-electron chi connectivity index (χ0n) is 12.7. The summed E-state index contributed by atoms with van der Waals surface area (Å²) in [5.41, 5.74) is 7.26. The molecule has 2 aromatic rings. The highest BCUT2D eigenvalue weighted by Gasteiger charge is 2.38. The Kier molecular flexibility index (Phi) is 3.37. The fraction of sp³-hybridized carbons (Fsp3) is 0.600. The van der Waals surface area contributed by atoms with Crippen molar-refractivity contribution < 1.29 is 13.2 Å². The van der Waals surface area contributed by atoms with Gasteiger partial charge in [-0.25, -0.2) is 13.8 Å². The molecule has 23 heavy (non-hydrogen) atoms. The lowest BCUT2D eigenvalue weighted by atomic mass is 9.94. The summed E-state index contributed by atoms with van der Waals surface area (Å²) in [5.74, 6) is -1.40. The van der Waals surface area contributed by atoms with Crippen LogP contribution in [0.25, 0.3) is 11.1 Å². The molecule has 1 saturated heterocycles. The lowest BCUT2D eigenvalue weighted by Crippen LogP contribution is -2.29. The van der Waals surface area contributed by atoms with E-state index in [-0.39, 0.29) is 25.2 Å². The Morgan fingerprint density at radius 1 is 1.22 bits per heavy atom. The van der Waals surface area contributed by atoms with E-state index in [4.69, 9.17) is 10.2 Å². The van der Waals surface area contributed by atoms with E-state index in [1.807, 2.05) is 0 Å². The number of hydrogen-bond acceptors (Lipinski definition) is 6. The van der Waals surface area contributed by atoms with Gasteiger partial charge in [-0.1, -0.05) is 0 Å². The van der Waals surface area contributed by atoms with Crippen molar-refractivity contribution in [2.24, 2.45) is 0 Å². The molecule has 4 rings (SSSR count). The maximum atomic E-state index is 13.8. The summed E-state index contributed by atoms with van der Waals surface area (Å²) < 4.78 is 33.4. The predicted molar refractivity (Wildman–Crippen MR) is 82.9 cm³/mol. The van der Waals surface area contributed by atoms with Crippen LogP contribution >= 0.6 is 0 Å². The van der Waals surface area contributed by atoms with Crippen LogP contribution in [0.4, 0.5) is 20.5 Å². The van der Waals surface area contributed by atoms with Gasteiger partial charge < -0.3 is 20.4 Å². The Morgan fingerprint density at radius 3 is 2.96 bits per heavy atom. The van der Waals surface area contributed by atoms with Crippen LogP contribution < -0.4 is 16.0 Å². The zero-order chi connectivity index (χ0) is 16.0. The third-order valence-corrected chi connectivity index (χ3v) is 4.51. The van der Waals surface area contributed by atoms with Crippen molar-refractivity contribution in [1.29, 1.82) is 0 Å². The van der Waals surface area contributed by atoms with Gasteiger partial charge in [-0.2, -0.15) is 4.98 Å². The second kappa shape index (κ2) is 5.30. The van der Waals surface area contributed by atoms with Crippen LogP contribution in [0.15, 0.2) is 4.42 Å². The minimum Gasteiger partial charge on any atom is -0.455 e. The van der Waals surface area contributed by atoms with E-state index >= 15 is 0 Å². The number of halogens is 2. The first-order valence-electron chi connectivity index (χ1n) is 7.95. The van der Waals surface area contributed by atoms with E-state index in [1.165, 1.54) is 0 Å². The molecule has 3 heterocycles. The van der Waals surface area contributed by atoms with Crippen LogP contribution in [0.1, 0.15) is 24.2 Å². The Hall–Kier alpha value is -1.96. The van der Waals surface area contributed by atoms with Crippen molar-refractivity contribution in [3.8, 4) is 0 Å². The van der Waals surface area contributed by atoms with Crippen LogP contribution in [0.3, 0.4) is 0 Å². The number of aromatic nitrogens is 2. The van der Waals surface area contributed by atoms with Gasteiger partial charge in [0.2, 0.25) is 5.95 Å². The van der Waals surface area contributed by atoms with Crippen molar-refractivity contribution in [3.05, 3.63) is 11.3 Å². The maximum absolute atomic E-state index is 13.8. The number of furan rings is 1. The lowest BCUT2D eigenvalue weighted by molar-refractivity contribution is -0.0140. The average molecular weight is 323 g/mol. The van der Waals surface area contributed by atoms with Gasteiger partial charge in [0.1, 0.15) is 11.3 Å². The van der Waals surface area contributed by atoms with Crippen LogP contribution in [0.5, 0.6) is 0 Å². The fourth-order valence-electron chi connectivity index (χ4n) is 3.37. The van der Waals surface area contributed by atoms with Gasteiger partial charge in [0.15, 0.2) is 11.4 Å². The highest BCUT2D eigenvalue weighted by Crippen LogP contribution is 2.40. The number of aryl methyl sites for hydroxylation is 1. The van der Waals surface area contributed by atoms with E-state index in [2.05, 4.69) is 20.2 Å². The minimum absolute atomic E-state index is 0.0993. The number of nitrogen functional groups attached to an aromatic ring is 1. The first-order valence-corrected chi connectivity index (χ1v) is 7.95. The molecule has 3 N–H and O–H groups in total. The monoisotopic (exact) mass is 323 g/mol. The first-order chi connectivity index (χ1) is 11.0. The molecule has 0 atom stereocenters. The van der Waals surface area contributed by atoms with Crippen LogP contribution in [0.2, 0.25) is 0 Å². The van der Waals surface area contributed by atoms with Crippen molar-refractivity contribution in [2.75, 3.05) is 36.8 Å². The summed E-state index contributed by atoms with van der Waals surface area (Å²) in [6.45, 7) is 3.37. The van der Waals surface area contributed by atoms with Crippen LogP contribution in [-0.2, 0) is 12.8 Å². The van der Waals surface area contributed by atoms with E-state index in [0.717, 1.165) is 32.6 Å². The molecule has 6 nitrogen and oxygen atoms in total. The van der Waals surface area contributed by atoms with E-state index in [0.29, 0.717) is 28.2 Å². The van der Waals surface area contributed by atoms with Crippen molar-refractivity contribution >= 4 is 22.9 Å². The molecule has 1 aliphatic carbocycles. The largest absolute Gasteiger partial charge is 0.455 e. The Labute approximate surface area is 132 Å². The highest BCUT2D eigenvalue weighted by atomic mass is 19.3. The van der Waals surface area contributed by atoms with Crippen LogP contribution in [0, 0.1) is 0 Å². The van der Waals surface area contributed by atoms with Crippen molar-refractivity contribution in [1.82, 2.24) is 15.3 Å². The van der Waals surface area contributed by atoms with Crippen LogP contribution in [-0.4, -0.2) is 42.1 Å². The summed E-state index contributed by atoms with van der Waals surface area (Å²) in [6.07, 6.45) is 0.669. The molecule has 0 radical (unpaired) electrons. The summed E-state index contributed by atoms with van der Waals surface area (Å²) in [4.78, 5) is 10.6. The van der Waals surface area contributed by atoms with Gasteiger partial charge in [-0.15, -0.1) is 0 Å². The average Bonchev–Trinajstić information content (AvgIpc) is 2.70. The molecule has 0 bridgehead atoms. The number of alkyl halides is 2. The first kappa shape index (κ1) is 14.6. The third kappa shape index (κ3) is 2.60. The number of nitrogens with one attached hydrogen (secondary N) is 1. The van der Waals surface area contributed by atoms with E-state index in [1.54, 1.807) is 0 Å². The zero-order valence-corrected chi connectivity index (χ0v) is 12.7. The number of hydrogen-bond donors (Lipinski definition) is 2. The molecule has 0 aromatic carbocycles. The van der Waals surface area contributed by atoms with Gasteiger partial charge in [0.05, 0.1) is 0 Å². The topological polar surface area (TPSA) is 80.2 Å². The molecule has 0 saturated carbocycles. The number of anilines is 2. The van der Waals surface area contributed by atoms with E-state index < -0.39 is 5.92 Å². The normalized spacial score (nSPS) is 21.2. The second-order valence-electron chi connectivity index (χ2n) is 6.21. The van der Waals surface area contributed by atoms with Crippen molar-refractivity contribution in [2.45, 2.75) is 31.6 Å². The minimum atomic E-state index is -2.71. The molecule has 0 amide bonds. The molecule has 0 spiro atoms. The van der Waals surface area contributed by atoms with E-state index in [9.17, 15) is 8.78 Å². The Morgan fingerprint density at radius 2 is 2.09 bits per heavy atom. The lowest BCUT2D eigenvalue weighted by Gasteiger charge is -2.21. The molecule has 8 heteroatoms. The number of rotatable bonds is 1. The number of nitrogens with zero attached hydrogens (tertiary/aromatic N) is 3. The molecule has 124 valence electrons. The molecule has 1 aliphatic heterocycles. The molecular formula is C15H19F2N5O. The summed E-state index contributed by atoms with van der Waals surface area (Å²) in [7, 11) is 0. The Balaban J connectivity index is 1.84. The molecule has 2 aliphatic rings. The van der Waals surface area contributed by atoms with Gasteiger partial charge in [-0.05, 0) is 13.0 Å². The predicted octanol–water partition coefficient (Wildman–Crippen LogP) is 1.73. The second-order valence-corrected chi connectivity index (χ2v) is 6.21. The number of nitrogens with two attached hydrogens (primary N) is 1. The molecule has 1 fully saturated rings.